The Labute approximate surface area is 177 Å². The van der Waals surface area contributed by atoms with Crippen molar-refractivity contribution in [1.82, 2.24) is 29.3 Å². The van der Waals surface area contributed by atoms with Gasteiger partial charge in [-0.25, -0.2) is 41.4 Å². The van der Waals surface area contributed by atoms with Gasteiger partial charge in [-0.05, 0) is 24.5 Å². The van der Waals surface area contributed by atoms with E-state index in [9.17, 15) is 22.3 Å². The van der Waals surface area contributed by atoms with Crippen LogP contribution < -0.4 is 9.62 Å². The monoisotopic (exact) mass is 453 g/mol. The van der Waals surface area contributed by atoms with Gasteiger partial charge in [0, 0.05) is 25.7 Å². The summed E-state index contributed by atoms with van der Waals surface area (Å²) >= 11 is 0. The molecule has 3 aromatic heterocycles. The fourth-order valence-electron chi connectivity index (χ4n) is 3.62. The van der Waals surface area contributed by atoms with Crippen LogP contribution in [0.5, 0.6) is 0 Å². The number of alkyl halides is 2. The van der Waals surface area contributed by atoms with Crippen molar-refractivity contribution in [3.63, 3.8) is 0 Å². The van der Waals surface area contributed by atoms with Crippen molar-refractivity contribution in [3.05, 3.63) is 36.4 Å². The molecule has 0 bridgehead atoms. The molecule has 0 saturated carbocycles. The molecule has 2 N–H and O–H groups in total. The summed E-state index contributed by atoms with van der Waals surface area (Å²) in [7, 11) is -3.34. The zero-order valence-corrected chi connectivity index (χ0v) is 17.4. The zero-order valence-electron chi connectivity index (χ0n) is 16.6. The number of aliphatic hydroxyl groups excluding tert-OH is 1. The van der Waals surface area contributed by atoms with E-state index in [0.29, 0.717) is 42.4 Å². The number of aliphatic hydroxyl groups is 1. The van der Waals surface area contributed by atoms with E-state index in [1.807, 2.05) is 4.90 Å². The Morgan fingerprint density at radius 1 is 1.26 bits per heavy atom. The molecule has 13 heteroatoms. The maximum absolute atomic E-state index is 13.1. The summed E-state index contributed by atoms with van der Waals surface area (Å²) in [6, 6.07) is 4.35. The van der Waals surface area contributed by atoms with Crippen LogP contribution in [-0.2, 0) is 10.0 Å². The lowest BCUT2D eigenvalue weighted by Gasteiger charge is -2.36. The number of halogens is 2. The molecule has 0 aromatic carbocycles. The molecular weight excluding hydrogens is 432 g/mol. The lowest BCUT2D eigenvalue weighted by Crippen LogP contribution is -2.47. The van der Waals surface area contributed by atoms with Crippen molar-refractivity contribution >= 4 is 21.5 Å². The SMILES string of the molecule is CS(=O)(=O)NCC1CC(O)CN(c2cc(-c3cnc4ccc(C(F)F)nn34)ncn2)C1. The predicted molar refractivity (Wildman–Crippen MR) is 108 cm³/mol. The van der Waals surface area contributed by atoms with Crippen LogP contribution in [0.15, 0.2) is 30.7 Å². The Bertz CT molecular complexity index is 1190. The van der Waals surface area contributed by atoms with Gasteiger partial charge in [0.25, 0.3) is 6.43 Å². The molecule has 3 aromatic rings. The highest BCUT2D eigenvalue weighted by Gasteiger charge is 2.28. The fourth-order valence-corrected chi connectivity index (χ4v) is 4.16. The van der Waals surface area contributed by atoms with E-state index in [1.54, 1.807) is 6.07 Å². The van der Waals surface area contributed by atoms with Crippen molar-refractivity contribution in [2.24, 2.45) is 5.92 Å². The predicted octanol–water partition coefficient (Wildman–Crippen LogP) is 0.860. The maximum Gasteiger partial charge on any atom is 0.282 e. The van der Waals surface area contributed by atoms with E-state index < -0.39 is 22.6 Å². The smallest absolute Gasteiger partial charge is 0.282 e. The lowest BCUT2D eigenvalue weighted by molar-refractivity contribution is 0.128. The van der Waals surface area contributed by atoms with Gasteiger partial charge in [0.15, 0.2) is 5.65 Å². The molecule has 0 radical (unpaired) electrons. The van der Waals surface area contributed by atoms with E-state index in [-0.39, 0.29) is 18.2 Å². The summed E-state index contributed by atoms with van der Waals surface area (Å²) in [6.45, 7) is 1.02. The van der Waals surface area contributed by atoms with Crippen LogP contribution in [0.25, 0.3) is 17.0 Å². The van der Waals surface area contributed by atoms with Crippen molar-refractivity contribution in [1.29, 1.82) is 0 Å². The number of imidazole rings is 1. The molecule has 4 heterocycles. The molecule has 4 rings (SSSR count). The average molecular weight is 453 g/mol. The minimum absolute atomic E-state index is 0.108. The van der Waals surface area contributed by atoms with Gasteiger partial charge in [0.05, 0.1) is 24.3 Å². The van der Waals surface area contributed by atoms with E-state index in [2.05, 4.69) is 24.8 Å². The first-order chi connectivity index (χ1) is 14.7. The Morgan fingerprint density at radius 2 is 2.06 bits per heavy atom. The Hall–Kier alpha value is -2.77. The highest BCUT2D eigenvalue weighted by molar-refractivity contribution is 7.88. The number of anilines is 1. The van der Waals surface area contributed by atoms with Gasteiger partial charge in [-0.2, -0.15) is 5.10 Å². The number of β-amino-alcohol motifs (C(OH)–C–C–N with tert-alkyl or cyclic N) is 1. The van der Waals surface area contributed by atoms with Crippen LogP contribution >= 0.6 is 0 Å². The van der Waals surface area contributed by atoms with Crippen LogP contribution in [0.3, 0.4) is 0 Å². The second-order valence-electron chi connectivity index (χ2n) is 7.51. The average Bonchev–Trinajstić information content (AvgIpc) is 3.15. The molecule has 1 aliphatic heterocycles. The summed E-state index contributed by atoms with van der Waals surface area (Å²) in [5.74, 6) is 0.413. The summed E-state index contributed by atoms with van der Waals surface area (Å²) in [6.07, 6.45) is 1.02. The van der Waals surface area contributed by atoms with E-state index in [1.165, 1.54) is 29.2 Å². The quantitative estimate of drug-likeness (QED) is 0.563. The van der Waals surface area contributed by atoms with Crippen LogP contribution in [-0.4, -0.2) is 70.1 Å². The van der Waals surface area contributed by atoms with Crippen molar-refractivity contribution in [2.45, 2.75) is 19.0 Å². The largest absolute Gasteiger partial charge is 0.391 e. The highest BCUT2D eigenvalue weighted by Crippen LogP contribution is 2.26. The number of rotatable bonds is 6. The van der Waals surface area contributed by atoms with Crippen molar-refractivity contribution < 1.29 is 22.3 Å². The molecule has 2 atom stereocenters. The molecular formula is C18H21F2N7O3S. The fraction of sp³-hybridized carbons (Fsp3) is 0.444. The Balaban J connectivity index is 1.61. The molecule has 1 fully saturated rings. The molecule has 1 saturated heterocycles. The van der Waals surface area contributed by atoms with Crippen LogP contribution in [0.4, 0.5) is 14.6 Å². The summed E-state index contributed by atoms with van der Waals surface area (Å²) in [5, 5.41) is 14.2. The third kappa shape index (κ3) is 4.94. The Kier molecular flexibility index (Phi) is 5.81. The third-order valence-corrected chi connectivity index (χ3v) is 5.69. The summed E-state index contributed by atoms with van der Waals surface area (Å²) in [4.78, 5) is 14.5. The van der Waals surface area contributed by atoms with Gasteiger partial charge in [0.2, 0.25) is 10.0 Å². The number of nitrogens with one attached hydrogen (secondary N) is 1. The van der Waals surface area contributed by atoms with Gasteiger partial charge < -0.3 is 10.0 Å². The highest BCUT2D eigenvalue weighted by atomic mass is 32.2. The maximum atomic E-state index is 13.1. The van der Waals surface area contributed by atoms with E-state index >= 15 is 0 Å². The van der Waals surface area contributed by atoms with Crippen molar-refractivity contribution in [2.75, 3.05) is 30.8 Å². The first-order valence-electron chi connectivity index (χ1n) is 9.52. The molecule has 2 unspecified atom stereocenters. The van der Waals surface area contributed by atoms with Gasteiger partial charge in [-0.1, -0.05) is 0 Å². The topological polar surface area (TPSA) is 126 Å². The standard InChI is InChI=1S/C18H21F2N7O3S/c1-31(29,30)24-6-11-4-12(28)9-26(8-11)17-5-14(22-10-23-17)15-7-21-16-3-2-13(18(19)20)25-27(15)16/h2-3,5,7,10-12,18,24,28H,4,6,8-9H2,1H3. The number of hydrogen-bond acceptors (Lipinski definition) is 8. The minimum atomic E-state index is -3.34. The van der Waals surface area contributed by atoms with Gasteiger partial charge in [0.1, 0.15) is 23.5 Å². The van der Waals surface area contributed by atoms with E-state index in [4.69, 9.17) is 0 Å². The first kappa shape index (κ1) is 21.5. The molecule has 10 nitrogen and oxygen atoms in total. The molecule has 1 aliphatic rings. The second-order valence-corrected chi connectivity index (χ2v) is 9.35. The first-order valence-corrected chi connectivity index (χ1v) is 11.4. The molecule has 0 spiro atoms. The van der Waals surface area contributed by atoms with Crippen LogP contribution in [0, 0.1) is 5.92 Å². The zero-order chi connectivity index (χ0) is 22.2. The van der Waals surface area contributed by atoms with E-state index in [0.717, 1.165) is 6.26 Å². The normalized spacial score (nSPS) is 20.0. The summed E-state index contributed by atoms with van der Waals surface area (Å²) in [5.41, 5.74) is 0.887. The third-order valence-electron chi connectivity index (χ3n) is 4.99. The Morgan fingerprint density at radius 3 is 2.81 bits per heavy atom. The number of sulfonamides is 1. The van der Waals surface area contributed by atoms with Crippen LogP contribution in [0.1, 0.15) is 18.5 Å². The number of aromatic nitrogens is 5. The van der Waals surface area contributed by atoms with Crippen molar-refractivity contribution in [3.8, 4) is 11.4 Å². The molecule has 0 amide bonds. The van der Waals surface area contributed by atoms with Gasteiger partial charge in [-0.15, -0.1) is 0 Å². The molecule has 31 heavy (non-hydrogen) atoms. The van der Waals surface area contributed by atoms with Gasteiger partial charge >= 0.3 is 0 Å². The van der Waals surface area contributed by atoms with Gasteiger partial charge in [-0.3, -0.25) is 0 Å². The second kappa shape index (κ2) is 8.40. The molecule has 0 aliphatic carbocycles. The van der Waals surface area contributed by atoms with Crippen LogP contribution in [0.2, 0.25) is 0 Å². The number of piperidine rings is 1. The number of nitrogens with zero attached hydrogens (tertiary/aromatic N) is 6. The summed E-state index contributed by atoms with van der Waals surface area (Å²) < 4.78 is 52.7. The minimum Gasteiger partial charge on any atom is -0.391 e. The number of fused-ring (bicyclic) bond motifs is 1. The molecule has 166 valence electrons. The number of hydrogen-bond donors (Lipinski definition) is 2. The lowest BCUT2D eigenvalue weighted by atomic mass is 9.96.